The maximum absolute atomic E-state index is 13.0. The van der Waals surface area contributed by atoms with Gasteiger partial charge in [-0.25, -0.2) is 14.4 Å². The quantitative estimate of drug-likeness (QED) is 0.513. The molecule has 2 aromatic heterocycles. The molecule has 0 fully saturated rings. The van der Waals surface area contributed by atoms with E-state index in [1.54, 1.807) is 23.5 Å². The molecule has 1 aliphatic rings. The molecule has 26 heavy (non-hydrogen) atoms. The molecule has 136 valence electrons. The normalized spacial score (nSPS) is 17.0. The van der Waals surface area contributed by atoms with Crippen molar-refractivity contribution in [1.29, 1.82) is 0 Å². The van der Waals surface area contributed by atoms with Crippen molar-refractivity contribution in [2.24, 2.45) is 5.92 Å². The summed E-state index contributed by atoms with van der Waals surface area (Å²) in [5.74, 6) is 1.45. The van der Waals surface area contributed by atoms with Gasteiger partial charge >= 0.3 is 0 Å². The van der Waals surface area contributed by atoms with Gasteiger partial charge in [0.25, 0.3) is 0 Å². The summed E-state index contributed by atoms with van der Waals surface area (Å²) in [6.45, 7) is 4.97. The van der Waals surface area contributed by atoms with Crippen LogP contribution in [0.15, 0.2) is 29.4 Å². The van der Waals surface area contributed by atoms with Gasteiger partial charge in [-0.2, -0.15) is 0 Å². The maximum atomic E-state index is 13.0. The minimum Gasteiger partial charge on any atom is -0.383 e. The van der Waals surface area contributed by atoms with E-state index >= 15 is 0 Å². The number of nitrogens with two attached hydrogens (primary N) is 1. The SMILES string of the molecule is CC(C)[C@@H]1Cc2c(sc3nc(SCc4ccc(F)cc4)nc(N)c23)CO1. The lowest BCUT2D eigenvalue weighted by Crippen LogP contribution is -2.26. The molecular weight excluding hydrogens is 369 g/mol. The molecule has 4 nitrogen and oxygen atoms in total. The number of benzene rings is 1. The molecule has 0 radical (unpaired) electrons. The van der Waals surface area contributed by atoms with E-state index in [0.717, 1.165) is 22.2 Å². The van der Waals surface area contributed by atoms with Gasteiger partial charge in [-0.15, -0.1) is 11.3 Å². The van der Waals surface area contributed by atoms with E-state index in [1.807, 2.05) is 0 Å². The molecule has 0 spiro atoms. The topological polar surface area (TPSA) is 61.0 Å². The third kappa shape index (κ3) is 3.43. The van der Waals surface area contributed by atoms with Crippen molar-refractivity contribution in [2.75, 3.05) is 5.73 Å². The first kappa shape index (κ1) is 17.7. The summed E-state index contributed by atoms with van der Waals surface area (Å²) in [5.41, 5.74) is 8.57. The molecular formula is C19H20FN3OS2. The molecule has 3 heterocycles. The smallest absolute Gasteiger partial charge is 0.191 e. The Balaban J connectivity index is 1.60. The monoisotopic (exact) mass is 389 g/mol. The Bertz CT molecular complexity index is 940. The summed E-state index contributed by atoms with van der Waals surface area (Å²) in [6.07, 6.45) is 1.08. The summed E-state index contributed by atoms with van der Waals surface area (Å²) in [7, 11) is 0. The van der Waals surface area contributed by atoms with Gasteiger partial charge in [0.05, 0.1) is 18.1 Å². The second-order valence-electron chi connectivity index (χ2n) is 6.79. The van der Waals surface area contributed by atoms with Gasteiger partial charge in [0, 0.05) is 17.1 Å². The number of hydrogen-bond donors (Lipinski definition) is 1. The van der Waals surface area contributed by atoms with Gasteiger partial charge in [0.15, 0.2) is 5.16 Å². The summed E-state index contributed by atoms with van der Waals surface area (Å²) >= 11 is 3.16. The summed E-state index contributed by atoms with van der Waals surface area (Å²) in [6, 6.07) is 6.48. The number of nitrogens with zero attached hydrogens (tertiary/aromatic N) is 2. The van der Waals surface area contributed by atoms with E-state index in [4.69, 9.17) is 15.5 Å². The Morgan fingerprint density at radius 1 is 1.31 bits per heavy atom. The number of thiophene rings is 1. The summed E-state index contributed by atoms with van der Waals surface area (Å²) in [4.78, 5) is 11.3. The summed E-state index contributed by atoms with van der Waals surface area (Å²) < 4.78 is 19.0. The number of anilines is 1. The van der Waals surface area contributed by atoms with E-state index in [2.05, 4.69) is 18.8 Å². The standard InChI is InChI=1S/C19H20FN3OS2/c1-10(2)14-7-13-15(8-24-14)26-18-16(13)17(21)22-19(23-18)25-9-11-3-5-12(20)6-4-11/h3-6,10,14H,7-9H2,1-2H3,(H2,21,22,23)/t14-/m0/s1. The van der Waals surface area contributed by atoms with Gasteiger partial charge in [-0.3, -0.25) is 0 Å². The number of hydrogen-bond acceptors (Lipinski definition) is 6. The molecule has 0 aliphatic carbocycles. The van der Waals surface area contributed by atoms with Crippen molar-refractivity contribution >= 4 is 39.1 Å². The number of halogens is 1. The molecule has 4 rings (SSSR count). The van der Waals surface area contributed by atoms with Gasteiger partial charge in [0.1, 0.15) is 16.5 Å². The van der Waals surface area contributed by atoms with Crippen LogP contribution >= 0.6 is 23.1 Å². The van der Waals surface area contributed by atoms with E-state index in [1.165, 1.54) is 34.3 Å². The fourth-order valence-electron chi connectivity index (χ4n) is 3.11. The van der Waals surface area contributed by atoms with E-state index < -0.39 is 0 Å². The Morgan fingerprint density at radius 2 is 2.08 bits per heavy atom. The number of rotatable bonds is 4. The van der Waals surface area contributed by atoms with Crippen LogP contribution in [0.1, 0.15) is 29.9 Å². The zero-order valence-electron chi connectivity index (χ0n) is 14.7. The van der Waals surface area contributed by atoms with Gasteiger partial charge < -0.3 is 10.5 Å². The Hall–Kier alpha value is -1.70. The number of ether oxygens (including phenoxy) is 1. The molecule has 2 N–H and O–H groups in total. The second kappa shape index (κ2) is 7.13. The second-order valence-corrected chi connectivity index (χ2v) is 8.81. The fraction of sp³-hybridized carbons (Fsp3) is 0.368. The van der Waals surface area contributed by atoms with E-state index in [-0.39, 0.29) is 11.9 Å². The van der Waals surface area contributed by atoms with Crippen LogP contribution in [0.4, 0.5) is 10.2 Å². The van der Waals surface area contributed by atoms with Gasteiger partial charge in [-0.05, 0) is 29.2 Å². The predicted octanol–water partition coefficient (Wildman–Crippen LogP) is 4.80. The average Bonchev–Trinajstić information content (AvgIpc) is 2.99. The molecule has 0 saturated heterocycles. The van der Waals surface area contributed by atoms with Crippen LogP contribution in [0.5, 0.6) is 0 Å². The molecule has 3 aromatic rings. The highest BCUT2D eigenvalue weighted by atomic mass is 32.2. The van der Waals surface area contributed by atoms with Crippen molar-refractivity contribution in [3.63, 3.8) is 0 Å². The van der Waals surface area contributed by atoms with Gasteiger partial charge in [0.2, 0.25) is 0 Å². The van der Waals surface area contributed by atoms with E-state index in [9.17, 15) is 4.39 Å². The zero-order chi connectivity index (χ0) is 18.3. The number of fused-ring (bicyclic) bond motifs is 3. The van der Waals surface area contributed by atoms with Crippen LogP contribution in [0.2, 0.25) is 0 Å². The zero-order valence-corrected chi connectivity index (χ0v) is 16.3. The van der Waals surface area contributed by atoms with Crippen LogP contribution in [0.3, 0.4) is 0 Å². The number of thioether (sulfide) groups is 1. The highest BCUT2D eigenvalue weighted by Gasteiger charge is 2.27. The lowest BCUT2D eigenvalue weighted by Gasteiger charge is -2.26. The number of aromatic nitrogens is 2. The molecule has 1 atom stereocenters. The van der Waals surface area contributed by atoms with Gasteiger partial charge in [-0.1, -0.05) is 37.7 Å². The predicted molar refractivity (Wildman–Crippen MR) is 105 cm³/mol. The lowest BCUT2D eigenvalue weighted by molar-refractivity contribution is 0.00203. The van der Waals surface area contributed by atoms with Crippen LogP contribution in [-0.2, 0) is 23.5 Å². The maximum Gasteiger partial charge on any atom is 0.191 e. The van der Waals surface area contributed by atoms with Crippen molar-refractivity contribution < 1.29 is 9.13 Å². The van der Waals surface area contributed by atoms with Crippen LogP contribution < -0.4 is 5.73 Å². The van der Waals surface area contributed by atoms with Crippen molar-refractivity contribution in [3.05, 3.63) is 46.1 Å². The first-order valence-corrected chi connectivity index (χ1v) is 10.4. The molecule has 0 unspecified atom stereocenters. The highest BCUT2D eigenvalue weighted by molar-refractivity contribution is 7.98. The first-order valence-electron chi connectivity index (χ1n) is 8.58. The number of nitrogen functional groups attached to an aromatic ring is 1. The third-order valence-electron chi connectivity index (χ3n) is 4.60. The molecule has 1 aromatic carbocycles. The molecule has 0 saturated carbocycles. The molecule has 7 heteroatoms. The average molecular weight is 390 g/mol. The first-order chi connectivity index (χ1) is 12.5. The lowest BCUT2D eigenvalue weighted by atomic mass is 9.96. The minimum atomic E-state index is -0.230. The Labute approximate surface area is 160 Å². The largest absolute Gasteiger partial charge is 0.383 e. The summed E-state index contributed by atoms with van der Waals surface area (Å²) in [5, 5.41) is 1.64. The third-order valence-corrected chi connectivity index (χ3v) is 6.62. The fourth-order valence-corrected chi connectivity index (χ4v) is 5.10. The molecule has 1 aliphatic heterocycles. The van der Waals surface area contributed by atoms with Crippen molar-refractivity contribution in [1.82, 2.24) is 9.97 Å². The Kier molecular flexibility index (Phi) is 4.86. The van der Waals surface area contributed by atoms with Crippen molar-refractivity contribution in [3.8, 4) is 0 Å². The van der Waals surface area contributed by atoms with E-state index in [0.29, 0.717) is 29.3 Å². The molecule has 0 amide bonds. The minimum absolute atomic E-state index is 0.215. The van der Waals surface area contributed by atoms with Crippen LogP contribution in [-0.4, -0.2) is 16.1 Å². The van der Waals surface area contributed by atoms with Crippen LogP contribution in [0.25, 0.3) is 10.2 Å². The Morgan fingerprint density at radius 3 is 2.81 bits per heavy atom. The van der Waals surface area contributed by atoms with Crippen LogP contribution in [0, 0.1) is 11.7 Å². The highest BCUT2D eigenvalue weighted by Crippen LogP contribution is 2.39. The van der Waals surface area contributed by atoms with Crippen molar-refractivity contribution in [2.45, 2.75) is 43.9 Å². The molecule has 0 bridgehead atoms.